The fourth-order valence-electron chi connectivity index (χ4n) is 2.23. The van der Waals surface area contributed by atoms with Crippen molar-refractivity contribution in [2.75, 3.05) is 0 Å². The Balaban J connectivity index is 2.34. The van der Waals surface area contributed by atoms with Gasteiger partial charge in [-0.3, -0.25) is 4.79 Å². The normalized spacial score (nSPS) is 22.1. The molecule has 0 bridgehead atoms. The fourth-order valence-corrected chi connectivity index (χ4v) is 4.04. The second-order valence-corrected chi connectivity index (χ2v) is 6.54. The maximum Gasteiger partial charge on any atom is 0.188 e. The van der Waals surface area contributed by atoms with Gasteiger partial charge in [0.25, 0.3) is 0 Å². The number of carbonyl (C=O) groups is 1. The minimum absolute atomic E-state index is 0.119. The quantitative estimate of drug-likeness (QED) is 0.759. The van der Waals surface area contributed by atoms with Crippen LogP contribution in [-0.4, -0.2) is 19.5 Å². The lowest BCUT2D eigenvalue weighted by Gasteiger charge is -2.13. The number of rotatable bonds is 2. The van der Waals surface area contributed by atoms with Gasteiger partial charge in [-0.05, 0) is 25.0 Å². The third-order valence-corrected chi connectivity index (χ3v) is 5.37. The van der Waals surface area contributed by atoms with E-state index in [1.165, 1.54) is 0 Å². The van der Waals surface area contributed by atoms with E-state index in [-0.39, 0.29) is 10.7 Å². The van der Waals surface area contributed by atoms with Gasteiger partial charge in [0.05, 0.1) is 4.90 Å². The Morgan fingerprint density at radius 2 is 1.71 bits per heavy atom. The Morgan fingerprint density at radius 1 is 1.00 bits per heavy atom. The van der Waals surface area contributed by atoms with Crippen molar-refractivity contribution in [2.24, 2.45) is 0 Å². The van der Waals surface area contributed by atoms with Gasteiger partial charge in [-0.1, -0.05) is 31.0 Å². The maximum absolute atomic E-state index is 12.3. The topological polar surface area (TPSA) is 51.2 Å². The van der Waals surface area contributed by atoms with E-state index in [9.17, 15) is 13.2 Å². The lowest BCUT2D eigenvalue weighted by atomic mass is 10.2. The molecule has 0 aliphatic heterocycles. The van der Waals surface area contributed by atoms with Crippen LogP contribution < -0.4 is 0 Å². The molecule has 1 aliphatic carbocycles. The highest BCUT2D eigenvalue weighted by atomic mass is 32.2. The van der Waals surface area contributed by atoms with E-state index in [1.54, 1.807) is 30.3 Å². The van der Waals surface area contributed by atoms with Crippen LogP contribution in [0.25, 0.3) is 0 Å². The van der Waals surface area contributed by atoms with Crippen LogP contribution >= 0.6 is 0 Å². The second-order valence-electron chi connectivity index (χ2n) is 4.41. The van der Waals surface area contributed by atoms with Crippen molar-refractivity contribution in [3.8, 4) is 0 Å². The zero-order chi connectivity index (χ0) is 12.3. The van der Waals surface area contributed by atoms with Crippen molar-refractivity contribution < 1.29 is 13.2 Å². The van der Waals surface area contributed by atoms with Crippen LogP contribution in [0.5, 0.6) is 0 Å². The first-order valence-electron chi connectivity index (χ1n) is 5.94. The Kier molecular flexibility index (Phi) is 3.62. The summed E-state index contributed by atoms with van der Waals surface area (Å²) in [6.45, 7) is 0. The van der Waals surface area contributed by atoms with Crippen molar-refractivity contribution >= 4 is 15.6 Å². The number of sulfone groups is 1. The van der Waals surface area contributed by atoms with Crippen LogP contribution in [0.4, 0.5) is 0 Å². The fraction of sp³-hybridized carbons (Fsp3) is 0.462. The standard InChI is InChI=1S/C13H16O3S/c14-12-9-5-2-6-10-13(12)17(15,16)11-7-3-1-4-8-11/h1,3-4,7-8,13H,2,5-6,9-10H2. The molecule has 3 nitrogen and oxygen atoms in total. The van der Waals surface area contributed by atoms with Gasteiger partial charge in [0.15, 0.2) is 15.6 Å². The van der Waals surface area contributed by atoms with Gasteiger partial charge in [-0.2, -0.15) is 0 Å². The van der Waals surface area contributed by atoms with Crippen LogP contribution in [0.1, 0.15) is 32.1 Å². The average molecular weight is 252 g/mol. The average Bonchev–Trinajstić information content (AvgIpc) is 2.55. The van der Waals surface area contributed by atoms with Crippen LogP contribution in [0, 0.1) is 0 Å². The highest BCUT2D eigenvalue weighted by Crippen LogP contribution is 2.25. The van der Waals surface area contributed by atoms with Gasteiger partial charge >= 0.3 is 0 Å². The summed E-state index contributed by atoms with van der Waals surface area (Å²) in [6.07, 6.45) is 3.46. The molecule has 1 aromatic rings. The van der Waals surface area contributed by atoms with Crippen LogP contribution in [0.2, 0.25) is 0 Å². The lowest BCUT2D eigenvalue weighted by molar-refractivity contribution is -0.118. The summed E-state index contributed by atoms with van der Waals surface area (Å²) in [6, 6.07) is 8.27. The van der Waals surface area contributed by atoms with E-state index in [1.807, 2.05) is 0 Å². The van der Waals surface area contributed by atoms with Crippen molar-refractivity contribution in [1.82, 2.24) is 0 Å². The highest BCUT2D eigenvalue weighted by molar-refractivity contribution is 7.92. The van der Waals surface area contributed by atoms with Crippen LogP contribution in [-0.2, 0) is 14.6 Å². The van der Waals surface area contributed by atoms with E-state index in [4.69, 9.17) is 0 Å². The molecule has 17 heavy (non-hydrogen) atoms. The third kappa shape index (κ3) is 2.57. The van der Waals surface area contributed by atoms with E-state index in [2.05, 4.69) is 0 Å². The molecule has 0 saturated heterocycles. The predicted octanol–water partition coefficient (Wildman–Crippen LogP) is 2.36. The summed E-state index contributed by atoms with van der Waals surface area (Å²) in [4.78, 5) is 12.1. The van der Waals surface area contributed by atoms with E-state index in [0.29, 0.717) is 12.8 Å². The van der Waals surface area contributed by atoms with Crippen molar-refractivity contribution in [1.29, 1.82) is 0 Å². The van der Waals surface area contributed by atoms with E-state index in [0.717, 1.165) is 19.3 Å². The summed E-state index contributed by atoms with van der Waals surface area (Å²) in [5.74, 6) is -0.119. The van der Waals surface area contributed by atoms with Crippen molar-refractivity contribution in [2.45, 2.75) is 42.2 Å². The molecule has 1 unspecified atom stereocenters. The summed E-state index contributed by atoms with van der Waals surface area (Å²) in [7, 11) is -3.48. The van der Waals surface area contributed by atoms with E-state index < -0.39 is 15.1 Å². The SMILES string of the molecule is O=C1CCCCCC1S(=O)(=O)c1ccccc1. The van der Waals surface area contributed by atoms with Gasteiger partial charge in [-0.15, -0.1) is 0 Å². The predicted molar refractivity (Wildman–Crippen MR) is 65.5 cm³/mol. The number of hydrogen-bond acceptors (Lipinski definition) is 3. The minimum Gasteiger partial charge on any atom is -0.298 e. The summed E-state index contributed by atoms with van der Waals surface area (Å²) >= 11 is 0. The molecule has 0 aromatic heterocycles. The first-order chi connectivity index (χ1) is 8.12. The zero-order valence-corrected chi connectivity index (χ0v) is 10.4. The Bertz CT molecular complexity index is 491. The summed E-state index contributed by atoms with van der Waals surface area (Å²) in [5, 5.41) is -0.826. The highest BCUT2D eigenvalue weighted by Gasteiger charge is 2.33. The first kappa shape index (κ1) is 12.3. The molecule has 1 aromatic carbocycles. The number of hydrogen-bond donors (Lipinski definition) is 0. The van der Waals surface area contributed by atoms with Crippen molar-refractivity contribution in [3.05, 3.63) is 30.3 Å². The molecular formula is C13H16O3S. The van der Waals surface area contributed by atoms with Gasteiger partial charge in [0.2, 0.25) is 0 Å². The zero-order valence-electron chi connectivity index (χ0n) is 9.63. The second kappa shape index (κ2) is 5.00. The number of Topliss-reactive ketones (excluding diaryl/α,β-unsaturated/α-hetero) is 1. The third-order valence-electron chi connectivity index (χ3n) is 3.19. The van der Waals surface area contributed by atoms with Crippen LogP contribution in [0.3, 0.4) is 0 Å². The van der Waals surface area contributed by atoms with Gasteiger partial charge in [0, 0.05) is 6.42 Å². The minimum atomic E-state index is -3.48. The molecule has 92 valence electrons. The molecule has 2 rings (SSSR count). The summed E-state index contributed by atoms with van der Waals surface area (Å²) in [5.41, 5.74) is 0. The molecule has 1 aliphatic rings. The number of carbonyl (C=O) groups excluding carboxylic acids is 1. The molecule has 0 N–H and O–H groups in total. The largest absolute Gasteiger partial charge is 0.298 e. The molecule has 4 heteroatoms. The number of benzene rings is 1. The van der Waals surface area contributed by atoms with Crippen LogP contribution in [0.15, 0.2) is 35.2 Å². The van der Waals surface area contributed by atoms with E-state index >= 15 is 0 Å². The summed E-state index contributed by atoms with van der Waals surface area (Å²) < 4.78 is 24.7. The molecule has 1 atom stereocenters. The molecule has 0 heterocycles. The molecule has 0 radical (unpaired) electrons. The Morgan fingerprint density at radius 3 is 2.41 bits per heavy atom. The monoisotopic (exact) mass is 252 g/mol. The van der Waals surface area contributed by atoms with Gasteiger partial charge in [-0.25, -0.2) is 8.42 Å². The first-order valence-corrected chi connectivity index (χ1v) is 7.48. The van der Waals surface area contributed by atoms with Gasteiger partial charge < -0.3 is 0 Å². The Hall–Kier alpha value is -1.16. The molecule has 0 spiro atoms. The molecular weight excluding hydrogens is 236 g/mol. The maximum atomic E-state index is 12.3. The molecule has 0 amide bonds. The smallest absolute Gasteiger partial charge is 0.188 e. The molecule has 1 saturated carbocycles. The Labute approximate surface area is 102 Å². The number of ketones is 1. The molecule has 1 fully saturated rings. The lowest BCUT2D eigenvalue weighted by Crippen LogP contribution is -2.29. The van der Waals surface area contributed by atoms with Gasteiger partial charge in [0.1, 0.15) is 5.25 Å². The van der Waals surface area contributed by atoms with Crippen molar-refractivity contribution in [3.63, 3.8) is 0 Å².